The van der Waals surface area contributed by atoms with Crippen molar-refractivity contribution in [3.8, 4) is 0 Å². The van der Waals surface area contributed by atoms with Crippen molar-refractivity contribution in [3.05, 3.63) is 16.1 Å². The number of aryl methyl sites for hydroxylation is 1. The van der Waals surface area contributed by atoms with Gasteiger partial charge in [-0.15, -0.1) is 11.3 Å². The number of aliphatic carboxylic acids is 1. The number of aliphatic hydroxyl groups is 1. The second-order valence-corrected chi connectivity index (χ2v) is 5.09. The van der Waals surface area contributed by atoms with Crippen molar-refractivity contribution in [1.29, 1.82) is 0 Å². The van der Waals surface area contributed by atoms with E-state index in [1.54, 1.807) is 16.2 Å². The number of carbonyl (C=O) groups is 1. The molecule has 1 aliphatic rings. The molecule has 1 aromatic rings. The molecule has 1 fully saturated rings. The van der Waals surface area contributed by atoms with Crippen LogP contribution in [0.15, 0.2) is 5.38 Å². The van der Waals surface area contributed by atoms with Gasteiger partial charge in [0, 0.05) is 24.9 Å². The van der Waals surface area contributed by atoms with Crippen LogP contribution in [0.5, 0.6) is 0 Å². The van der Waals surface area contributed by atoms with E-state index in [1.165, 1.54) is 0 Å². The standard InChI is InChI=1S/C10H14N2O3S/c1-6-11-7(5-16-6)3-12-4-8(13)2-9(12)10(14)15/h5,8-9,13H,2-4H2,1H3,(H,14,15). The molecule has 0 radical (unpaired) electrons. The van der Waals surface area contributed by atoms with Gasteiger partial charge >= 0.3 is 5.97 Å². The van der Waals surface area contributed by atoms with Crippen molar-refractivity contribution in [2.75, 3.05) is 6.54 Å². The summed E-state index contributed by atoms with van der Waals surface area (Å²) >= 11 is 1.55. The van der Waals surface area contributed by atoms with E-state index in [0.29, 0.717) is 19.5 Å². The van der Waals surface area contributed by atoms with E-state index < -0.39 is 18.1 Å². The van der Waals surface area contributed by atoms with Gasteiger partial charge in [-0.2, -0.15) is 0 Å². The highest BCUT2D eigenvalue weighted by atomic mass is 32.1. The van der Waals surface area contributed by atoms with E-state index in [-0.39, 0.29) is 0 Å². The average molecular weight is 242 g/mol. The zero-order valence-corrected chi connectivity index (χ0v) is 9.78. The monoisotopic (exact) mass is 242 g/mol. The molecule has 1 aromatic heterocycles. The second kappa shape index (κ2) is 4.48. The Balaban J connectivity index is 2.05. The summed E-state index contributed by atoms with van der Waals surface area (Å²) in [6, 6.07) is -0.586. The number of carboxylic acid groups (broad SMARTS) is 1. The number of hydrogen-bond donors (Lipinski definition) is 2. The maximum absolute atomic E-state index is 11.0. The maximum atomic E-state index is 11.0. The average Bonchev–Trinajstić information content (AvgIpc) is 2.74. The van der Waals surface area contributed by atoms with Gasteiger partial charge < -0.3 is 10.2 Å². The fourth-order valence-electron chi connectivity index (χ4n) is 2.00. The lowest BCUT2D eigenvalue weighted by molar-refractivity contribution is -0.142. The molecule has 1 aliphatic heterocycles. The molecule has 0 saturated carbocycles. The first-order valence-electron chi connectivity index (χ1n) is 5.12. The van der Waals surface area contributed by atoms with Gasteiger partial charge in [-0.05, 0) is 6.92 Å². The van der Waals surface area contributed by atoms with Crippen molar-refractivity contribution in [2.45, 2.75) is 32.0 Å². The topological polar surface area (TPSA) is 73.7 Å². The van der Waals surface area contributed by atoms with Crippen LogP contribution >= 0.6 is 11.3 Å². The zero-order valence-electron chi connectivity index (χ0n) is 8.96. The summed E-state index contributed by atoms with van der Waals surface area (Å²) in [6.45, 7) is 2.83. The summed E-state index contributed by atoms with van der Waals surface area (Å²) in [5.74, 6) is -0.872. The number of carboxylic acids is 1. The van der Waals surface area contributed by atoms with Gasteiger partial charge in [0.1, 0.15) is 6.04 Å². The van der Waals surface area contributed by atoms with Crippen LogP contribution in [0.2, 0.25) is 0 Å². The van der Waals surface area contributed by atoms with E-state index in [9.17, 15) is 9.90 Å². The number of rotatable bonds is 3. The van der Waals surface area contributed by atoms with Crippen molar-refractivity contribution in [3.63, 3.8) is 0 Å². The predicted molar refractivity (Wildman–Crippen MR) is 59.3 cm³/mol. The van der Waals surface area contributed by atoms with E-state index in [1.807, 2.05) is 12.3 Å². The Labute approximate surface area is 97.4 Å². The van der Waals surface area contributed by atoms with Crippen LogP contribution in [-0.2, 0) is 11.3 Å². The number of hydrogen-bond acceptors (Lipinski definition) is 5. The predicted octanol–water partition coefficient (Wildman–Crippen LogP) is 0.471. The van der Waals surface area contributed by atoms with Crippen molar-refractivity contribution >= 4 is 17.3 Å². The minimum atomic E-state index is -0.872. The number of β-amino-alcohol motifs (C(OH)–C–C–N with tert-alkyl or cyclic N) is 1. The fraction of sp³-hybridized carbons (Fsp3) is 0.600. The van der Waals surface area contributed by atoms with Gasteiger partial charge in [-0.25, -0.2) is 4.98 Å². The molecule has 6 heteroatoms. The van der Waals surface area contributed by atoms with Gasteiger partial charge in [0.2, 0.25) is 0 Å². The second-order valence-electron chi connectivity index (χ2n) is 4.03. The number of likely N-dealkylation sites (tertiary alicyclic amines) is 1. The molecule has 1 saturated heterocycles. The Hall–Kier alpha value is -0.980. The van der Waals surface area contributed by atoms with Crippen molar-refractivity contribution in [1.82, 2.24) is 9.88 Å². The van der Waals surface area contributed by atoms with Crippen LogP contribution in [0.25, 0.3) is 0 Å². The van der Waals surface area contributed by atoms with Crippen molar-refractivity contribution in [2.24, 2.45) is 0 Å². The SMILES string of the molecule is Cc1nc(CN2CC(O)CC2C(=O)O)cs1. The molecule has 2 rings (SSSR count). The molecule has 0 aromatic carbocycles. The number of aliphatic hydroxyl groups excluding tert-OH is 1. The minimum absolute atomic E-state index is 0.304. The lowest BCUT2D eigenvalue weighted by Crippen LogP contribution is -2.35. The molecule has 2 N–H and O–H groups in total. The van der Waals surface area contributed by atoms with Crippen LogP contribution in [-0.4, -0.2) is 44.8 Å². The molecule has 5 nitrogen and oxygen atoms in total. The normalized spacial score (nSPS) is 26.1. The van der Waals surface area contributed by atoms with Crippen LogP contribution in [0, 0.1) is 6.92 Å². The first-order valence-corrected chi connectivity index (χ1v) is 6.00. The highest BCUT2D eigenvalue weighted by Gasteiger charge is 2.35. The molecular weight excluding hydrogens is 228 g/mol. The first kappa shape index (κ1) is 11.5. The third-order valence-corrected chi connectivity index (χ3v) is 3.52. The highest BCUT2D eigenvalue weighted by Crippen LogP contribution is 2.21. The van der Waals surface area contributed by atoms with Gasteiger partial charge in [-0.3, -0.25) is 9.69 Å². The van der Waals surface area contributed by atoms with Crippen LogP contribution in [0.4, 0.5) is 0 Å². The molecule has 16 heavy (non-hydrogen) atoms. The van der Waals surface area contributed by atoms with Crippen LogP contribution in [0.1, 0.15) is 17.1 Å². The van der Waals surface area contributed by atoms with Gasteiger partial charge in [-0.1, -0.05) is 0 Å². The molecule has 0 aliphatic carbocycles. The Kier molecular flexibility index (Phi) is 3.22. The third-order valence-electron chi connectivity index (χ3n) is 2.70. The van der Waals surface area contributed by atoms with Crippen LogP contribution < -0.4 is 0 Å². The van der Waals surface area contributed by atoms with E-state index in [4.69, 9.17) is 5.11 Å². The Bertz CT molecular complexity index is 393. The molecule has 2 heterocycles. The molecule has 0 amide bonds. The van der Waals surface area contributed by atoms with Gasteiger partial charge in [0.15, 0.2) is 0 Å². The smallest absolute Gasteiger partial charge is 0.321 e. The van der Waals surface area contributed by atoms with E-state index in [0.717, 1.165) is 10.7 Å². The molecule has 2 unspecified atom stereocenters. The van der Waals surface area contributed by atoms with Crippen molar-refractivity contribution < 1.29 is 15.0 Å². The molecule has 88 valence electrons. The Morgan fingerprint density at radius 1 is 1.75 bits per heavy atom. The van der Waals surface area contributed by atoms with E-state index in [2.05, 4.69) is 4.98 Å². The summed E-state index contributed by atoms with van der Waals surface area (Å²) in [7, 11) is 0. The summed E-state index contributed by atoms with van der Waals surface area (Å²) < 4.78 is 0. The maximum Gasteiger partial charge on any atom is 0.321 e. The summed E-state index contributed by atoms with van der Waals surface area (Å²) in [5, 5.41) is 21.4. The highest BCUT2D eigenvalue weighted by molar-refractivity contribution is 7.09. The zero-order chi connectivity index (χ0) is 11.7. The third kappa shape index (κ3) is 2.40. The lowest BCUT2D eigenvalue weighted by Gasteiger charge is -2.19. The summed E-state index contributed by atoms with van der Waals surface area (Å²) in [6.07, 6.45) is -0.237. The minimum Gasteiger partial charge on any atom is -0.480 e. The molecule has 0 spiro atoms. The number of nitrogens with zero attached hydrogens (tertiary/aromatic N) is 2. The lowest BCUT2D eigenvalue weighted by atomic mass is 10.2. The Morgan fingerprint density at radius 3 is 3.06 bits per heavy atom. The van der Waals surface area contributed by atoms with Gasteiger partial charge in [0.25, 0.3) is 0 Å². The van der Waals surface area contributed by atoms with Gasteiger partial charge in [0.05, 0.1) is 16.8 Å². The van der Waals surface area contributed by atoms with Crippen LogP contribution in [0.3, 0.4) is 0 Å². The summed E-state index contributed by atoms with van der Waals surface area (Å²) in [4.78, 5) is 17.0. The van der Waals surface area contributed by atoms with E-state index >= 15 is 0 Å². The fourth-order valence-corrected chi connectivity index (χ4v) is 2.60. The summed E-state index contributed by atoms with van der Waals surface area (Å²) in [5.41, 5.74) is 0.878. The molecular formula is C10H14N2O3S. The Morgan fingerprint density at radius 2 is 2.50 bits per heavy atom. The quantitative estimate of drug-likeness (QED) is 0.806. The number of thiazole rings is 1. The molecule has 0 bridgehead atoms. The molecule has 2 atom stereocenters. The largest absolute Gasteiger partial charge is 0.480 e. The number of aromatic nitrogens is 1. The first-order chi connectivity index (χ1) is 7.56.